The Morgan fingerprint density at radius 2 is 1.38 bits per heavy atom. The molecule has 0 aliphatic rings. The number of halogens is 3. The molecular weight excluding hydrogens is 397 g/mol. The zero-order valence-electron chi connectivity index (χ0n) is 14.7. The molecule has 142 valence electrons. The maximum absolute atomic E-state index is 12.6. The summed E-state index contributed by atoms with van der Waals surface area (Å²) in [5.74, 6) is 0.108. The van der Waals surface area contributed by atoms with Gasteiger partial charge >= 0.3 is 5.51 Å². The predicted octanol–water partition coefficient (Wildman–Crippen LogP) is 8.03. The van der Waals surface area contributed by atoms with Crippen molar-refractivity contribution in [3.63, 3.8) is 0 Å². The van der Waals surface area contributed by atoms with Gasteiger partial charge in [0.05, 0.1) is 0 Å². The molecule has 0 radical (unpaired) electrons. The molecule has 0 unspecified atom stereocenters. The summed E-state index contributed by atoms with van der Waals surface area (Å²) < 4.78 is 48.9. The molecule has 29 heavy (non-hydrogen) atoms. The minimum Gasteiger partial charge on any atom is -0.456 e. The minimum absolute atomic E-state index is 0.108. The lowest BCUT2D eigenvalue weighted by Gasteiger charge is -2.12. The van der Waals surface area contributed by atoms with Gasteiger partial charge in [0.2, 0.25) is 0 Å². The smallest absolute Gasteiger partial charge is 0.456 e. The normalized spacial score (nSPS) is 12.8. The second kappa shape index (κ2) is 5.70. The van der Waals surface area contributed by atoms with Gasteiger partial charge in [-0.2, -0.15) is 13.2 Å². The van der Waals surface area contributed by atoms with Crippen molar-refractivity contribution in [3.05, 3.63) is 66.7 Å². The highest BCUT2D eigenvalue weighted by molar-refractivity contribution is 7.95. The van der Waals surface area contributed by atoms with Crippen LogP contribution in [0.3, 0.4) is 0 Å². The van der Waals surface area contributed by atoms with Gasteiger partial charge in [-0.15, -0.1) is 0 Å². The number of rotatable bonds is 2. The molecule has 1 aromatic heterocycles. The second-order valence-corrected chi connectivity index (χ2v) is 7.75. The lowest BCUT2D eigenvalue weighted by Crippen LogP contribution is -2.02. The average molecular weight is 408 g/mol. The molecule has 6 rings (SSSR count). The van der Waals surface area contributed by atoms with E-state index < -0.39 is 17.6 Å². The minimum atomic E-state index is -4.48. The summed E-state index contributed by atoms with van der Waals surface area (Å²) in [5.41, 5.74) is -3.26. The molecule has 0 spiro atoms. The molecule has 0 amide bonds. The van der Waals surface area contributed by atoms with Crippen LogP contribution in [0.15, 0.2) is 71.1 Å². The average Bonchev–Trinajstić information content (AvgIpc) is 3.07. The summed E-state index contributed by atoms with van der Waals surface area (Å²) in [6.07, 6.45) is 0. The first-order valence-electron chi connectivity index (χ1n) is 8.94. The molecule has 6 heteroatoms. The zero-order chi connectivity index (χ0) is 19.8. The lowest BCUT2D eigenvalue weighted by molar-refractivity contribution is -0.0369. The Labute approximate surface area is 166 Å². The topological polar surface area (TPSA) is 22.4 Å². The standard InChI is InChI=1S/C23H11F3O2S/c24-23(25,26)29-28-13-10-17-15-7-3-4-8-16(15)20-14-6-2-1-5-12(14)9-18-22(20)21(17)19(11-13)27-18/h1-11H. The molecule has 0 saturated carbocycles. The van der Waals surface area contributed by atoms with Crippen molar-refractivity contribution < 1.29 is 21.8 Å². The number of benzene rings is 5. The molecule has 5 aromatic carbocycles. The molecule has 0 atom stereocenters. The molecule has 1 heterocycles. The van der Waals surface area contributed by atoms with Crippen LogP contribution in [0.25, 0.3) is 54.3 Å². The predicted molar refractivity (Wildman–Crippen MR) is 112 cm³/mol. The van der Waals surface area contributed by atoms with E-state index >= 15 is 0 Å². The van der Waals surface area contributed by atoms with Gasteiger partial charge in [-0.25, -0.2) is 0 Å². The van der Waals surface area contributed by atoms with Crippen LogP contribution in [0.1, 0.15) is 0 Å². The molecule has 2 nitrogen and oxygen atoms in total. The van der Waals surface area contributed by atoms with E-state index in [2.05, 4.69) is 6.07 Å². The van der Waals surface area contributed by atoms with E-state index in [0.717, 1.165) is 43.1 Å². The van der Waals surface area contributed by atoms with Gasteiger partial charge in [0.1, 0.15) is 16.9 Å². The van der Waals surface area contributed by atoms with E-state index in [9.17, 15) is 13.2 Å². The van der Waals surface area contributed by atoms with Gasteiger partial charge in [0.25, 0.3) is 0 Å². The third-order valence-corrected chi connectivity index (χ3v) is 5.74. The molecular formula is C23H11F3O2S. The summed E-state index contributed by atoms with van der Waals surface area (Å²) in [4.78, 5) is 0. The van der Waals surface area contributed by atoms with Crippen molar-refractivity contribution in [2.75, 3.05) is 0 Å². The van der Waals surface area contributed by atoms with Crippen LogP contribution in [0.4, 0.5) is 13.2 Å². The van der Waals surface area contributed by atoms with E-state index in [1.807, 2.05) is 48.5 Å². The van der Waals surface area contributed by atoms with E-state index in [4.69, 9.17) is 8.60 Å². The van der Waals surface area contributed by atoms with Crippen molar-refractivity contribution in [1.29, 1.82) is 0 Å². The van der Waals surface area contributed by atoms with Crippen molar-refractivity contribution in [3.8, 4) is 5.75 Å². The molecule has 0 N–H and O–H groups in total. The third kappa shape index (κ3) is 2.45. The summed E-state index contributed by atoms with van der Waals surface area (Å²) in [6, 6.07) is 21.2. The van der Waals surface area contributed by atoms with E-state index in [0.29, 0.717) is 11.2 Å². The van der Waals surface area contributed by atoms with Crippen molar-refractivity contribution in [2.24, 2.45) is 0 Å². The highest BCUT2D eigenvalue weighted by Gasteiger charge is 2.32. The fraction of sp³-hybridized carbons (Fsp3) is 0.0435. The van der Waals surface area contributed by atoms with Crippen molar-refractivity contribution in [1.82, 2.24) is 0 Å². The molecule has 0 aliphatic heterocycles. The maximum Gasteiger partial charge on any atom is 0.479 e. The number of hydrogen-bond donors (Lipinski definition) is 0. The maximum atomic E-state index is 12.6. The fourth-order valence-electron chi connectivity index (χ4n) is 4.27. The number of fused-ring (bicyclic) bond motifs is 5. The highest BCUT2D eigenvalue weighted by Crippen LogP contribution is 2.47. The molecule has 0 fully saturated rings. The summed E-state index contributed by atoms with van der Waals surface area (Å²) in [7, 11) is 0. The number of furan rings is 1. The second-order valence-electron chi connectivity index (χ2n) is 6.95. The van der Waals surface area contributed by atoms with Crippen LogP contribution in [-0.2, 0) is 0 Å². The van der Waals surface area contributed by atoms with E-state index in [1.165, 1.54) is 6.07 Å². The quantitative estimate of drug-likeness (QED) is 0.214. The van der Waals surface area contributed by atoms with Crippen molar-refractivity contribution >= 4 is 66.3 Å². The summed E-state index contributed by atoms with van der Waals surface area (Å²) >= 11 is -0.522. The highest BCUT2D eigenvalue weighted by atomic mass is 32.2. The summed E-state index contributed by atoms with van der Waals surface area (Å²) in [6.45, 7) is 0. The van der Waals surface area contributed by atoms with Crippen LogP contribution in [-0.4, -0.2) is 5.51 Å². The first-order chi connectivity index (χ1) is 14.0. The molecule has 0 saturated heterocycles. The van der Waals surface area contributed by atoms with Crippen LogP contribution >= 0.6 is 12.0 Å². The molecule has 0 aliphatic carbocycles. The zero-order valence-corrected chi connectivity index (χ0v) is 15.5. The van der Waals surface area contributed by atoms with Gasteiger partial charge < -0.3 is 8.60 Å². The third-order valence-electron chi connectivity index (χ3n) is 5.28. The van der Waals surface area contributed by atoms with Gasteiger partial charge in [-0.05, 0) is 39.1 Å². The Bertz CT molecular complexity index is 1550. The lowest BCUT2D eigenvalue weighted by atomic mass is 9.91. The van der Waals surface area contributed by atoms with Gasteiger partial charge in [-0.1, -0.05) is 48.5 Å². The van der Waals surface area contributed by atoms with Crippen LogP contribution in [0.5, 0.6) is 5.75 Å². The van der Waals surface area contributed by atoms with E-state index in [1.54, 1.807) is 6.07 Å². The largest absolute Gasteiger partial charge is 0.479 e. The Balaban J connectivity index is 1.80. The van der Waals surface area contributed by atoms with Gasteiger partial charge in [-0.3, -0.25) is 0 Å². The SMILES string of the molecule is FC(F)(F)SOc1cc2oc3cc4ccccc4c4c5ccccc5c(c1)c2c34. The first kappa shape index (κ1) is 16.8. The van der Waals surface area contributed by atoms with Crippen LogP contribution in [0.2, 0.25) is 0 Å². The van der Waals surface area contributed by atoms with Crippen LogP contribution < -0.4 is 4.18 Å². The van der Waals surface area contributed by atoms with E-state index in [-0.39, 0.29) is 5.75 Å². The number of hydrogen-bond acceptors (Lipinski definition) is 3. The Hall–Kier alpha value is -3.12. The Morgan fingerprint density at radius 1 is 0.690 bits per heavy atom. The fourth-order valence-corrected chi connectivity index (χ4v) is 4.56. The van der Waals surface area contributed by atoms with Gasteiger partial charge in [0.15, 0.2) is 12.0 Å². The van der Waals surface area contributed by atoms with Crippen molar-refractivity contribution in [2.45, 2.75) is 5.51 Å². The first-order valence-corrected chi connectivity index (χ1v) is 9.68. The van der Waals surface area contributed by atoms with Crippen LogP contribution in [0, 0.1) is 0 Å². The molecule has 6 aromatic rings. The Kier molecular flexibility index (Phi) is 3.30. The van der Waals surface area contributed by atoms with Gasteiger partial charge in [0, 0.05) is 22.2 Å². The summed E-state index contributed by atoms with van der Waals surface area (Å²) in [5, 5.41) is 7.96. The molecule has 0 bridgehead atoms. The Morgan fingerprint density at radius 3 is 2.17 bits per heavy atom. The number of alkyl halides is 3. The monoisotopic (exact) mass is 408 g/mol.